The maximum absolute atomic E-state index is 12.1. The zero-order chi connectivity index (χ0) is 12.7. The zero-order valence-electron chi connectivity index (χ0n) is 9.33. The van der Waals surface area contributed by atoms with Crippen molar-refractivity contribution in [1.29, 1.82) is 0 Å². The summed E-state index contributed by atoms with van der Waals surface area (Å²) < 4.78 is 36.4. The fourth-order valence-corrected chi connectivity index (χ4v) is 2.76. The van der Waals surface area contributed by atoms with E-state index in [4.69, 9.17) is 5.11 Å². The molecule has 2 fully saturated rings. The molecule has 0 aromatic carbocycles. The molecule has 2 heterocycles. The zero-order valence-corrected chi connectivity index (χ0v) is 9.33. The first-order valence-electron chi connectivity index (χ1n) is 5.57. The lowest BCUT2D eigenvalue weighted by molar-refractivity contribution is -0.173. The number of likely N-dealkylation sites (tertiary alicyclic amines) is 2. The Kier molecular flexibility index (Phi) is 2.97. The molecule has 2 aliphatic heterocycles. The van der Waals surface area contributed by atoms with E-state index in [1.807, 2.05) is 0 Å². The number of amides is 1. The first kappa shape index (κ1) is 12.5. The van der Waals surface area contributed by atoms with Crippen molar-refractivity contribution in [3.8, 4) is 0 Å². The fraction of sp³-hybridized carbons (Fsp3) is 0.900. The smallest absolute Gasteiger partial charge is 0.407 e. The topological polar surface area (TPSA) is 43.8 Å². The van der Waals surface area contributed by atoms with E-state index in [2.05, 4.69) is 0 Å². The van der Waals surface area contributed by atoms with Gasteiger partial charge in [0.2, 0.25) is 0 Å². The number of hydrogen-bond acceptors (Lipinski definition) is 2. The van der Waals surface area contributed by atoms with Crippen LogP contribution >= 0.6 is 0 Å². The Hall–Kier alpha value is -0.980. The molecule has 1 spiro atoms. The molecule has 0 atom stereocenters. The average molecular weight is 252 g/mol. The van der Waals surface area contributed by atoms with Gasteiger partial charge in [-0.1, -0.05) is 0 Å². The van der Waals surface area contributed by atoms with Crippen molar-refractivity contribution in [1.82, 2.24) is 9.80 Å². The van der Waals surface area contributed by atoms with Crippen LogP contribution in [0, 0.1) is 5.41 Å². The fourth-order valence-electron chi connectivity index (χ4n) is 2.76. The molecule has 0 aromatic rings. The highest BCUT2D eigenvalue weighted by Gasteiger charge is 2.48. The Bertz CT molecular complexity index is 303. The molecule has 0 radical (unpaired) electrons. The van der Waals surface area contributed by atoms with E-state index < -0.39 is 18.8 Å². The number of nitrogens with zero attached hydrogens (tertiary/aromatic N) is 2. The second-order valence-corrected chi connectivity index (χ2v) is 5.03. The molecule has 0 unspecified atom stereocenters. The highest BCUT2D eigenvalue weighted by atomic mass is 19.4. The van der Waals surface area contributed by atoms with Crippen LogP contribution in [-0.4, -0.2) is 59.9 Å². The van der Waals surface area contributed by atoms with Crippen molar-refractivity contribution in [2.75, 3.05) is 32.7 Å². The summed E-state index contributed by atoms with van der Waals surface area (Å²) in [6.45, 7) is 0.918. The largest absolute Gasteiger partial charge is 0.465 e. The first-order valence-corrected chi connectivity index (χ1v) is 5.57. The quantitative estimate of drug-likeness (QED) is 0.771. The van der Waals surface area contributed by atoms with Gasteiger partial charge in [-0.2, -0.15) is 13.2 Å². The molecule has 17 heavy (non-hydrogen) atoms. The molecular formula is C10H15F3N2O2. The van der Waals surface area contributed by atoms with Crippen LogP contribution in [-0.2, 0) is 0 Å². The minimum absolute atomic E-state index is 0.0722. The molecule has 4 nitrogen and oxygen atoms in total. The highest BCUT2D eigenvalue weighted by Crippen LogP contribution is 2.41. The Balaban J connectivity index is 1.78. The lowest BCUT2D eigenvalue weighted by Gasteiger charge is -2.53. The van der Waals surface area contributed by atoms with Crippen molar-refractivity contribution in [2.24, 2.45) is 5.41 Å². The molecule has 2 aliphatic rings. The third-order valence-corrected chi connectivity index (χ3v) is 3.62. The first-order chi connectivity index (χ1) is 7.80. The average Bonchev–Trinajstić information content (AvgIpc) is 2.13. The van der Waals surface area contributed by atoms with Crippen molar-refractivity contribution < 1.29 is 23.1 Å². The number of halogens is 3. The van der Waals surface area contributed by atoms with Gasteiger partial charge in [-0.25, -0.2) is 4.79 Å². The maximum atomic E-state index is 12.1. The second kappa shape index (κ2) is 4.04. The van der Waals surface area contributed by atoms with E-state index in [1.54, 1.807) is 0 Å². The lowest BCUT2D eigenvalue weighted by atomic mass is 9.72. The summed E-state index contributed by atoms with van der Waals surface area (Å²) in [5.41, 5.74) is -0.0722. The summed E-state index contributed by atoms with van der Waals surface area (Å²) in [7, 11) is 0. The van der Waals surface area contributed by atoms with Crippen LogP contribution in [0.3, 0.4) is 0 Å². The van der Waals surface area contributed by atoms with Crippen LogP contribution in [0.15, 0.2) is 0 Å². The van der Waals surface area contributed by atoms with Crippen LogP contribution in [0.5, 0.6) is 0 Å². The normalized spacial score (nSPS) is 24.8. The van der Waals surface area contributed by atoms with Crippen molar-refractivity contribution in [3.05, 3.63) is 0 Å². The van der Waals surface area contributed by atoms with Gasteiger partial charge in [0.1, 0.15) is 0 Å². The third-order valence-electron chi connectivity index (χ3n) is 3.62. The number of alkyl halides is 3. The molecule has 1 amide bonds. The Morgan fingerprint density at radius 2 is 1.76 bits per heavy atom. The van der Waals surface area contributed by atoms with E-state index >= 15 is 0 Å². The van der Waals surface area contributed by atoms with Crippen LogP contribution < -0.4 is 0 Å². The van der Waals surface area contributed by atoms with Crippen LogP contribution in [0.2, 0.25) is 0 Å². The van der Waals surface area contributed by atoms with Gasteiger partial charge in [-0.15, -0.1) is 0 Å². The van der Waals surface area contributed by atoms with Gasteiger partial charge < -0.3 is 10.0 Å². The van der Waals surface area contributed by atoms with Crippen molar-refractivity contribution in [3.63, 3.8) is 0 Å². The van der Waals surface area contributed by atoms with Crippen LogP contribution in [0.25, 0.3) is 0 Å². The van der Waals surface area contributed by atoms with Gasteiger partial charge in [0.05, 0.1) is 6.54 Å². The Morgan fingerprint density at radius 3 is 2.18 bits per heavy atom. The summed E-state index contributed by atoms with van der Waals surface area (Å²) in [5.74, 6) is 0. The van der Waals surface area contributed by atoms with Gasteiger partial charge in [-0.05, 0) is 18.3 Å². The number of rotatable bonds is 1. The van der Waals surface area contributed by atoms with Gasteiger partial charge in [0.15, 0.2) is 0 Å². The van der Waals surface area contributed by atoms with Crippen molar-refractivity contribution >= 4 is 6.09 Å². The van der Waals surface area contributed by atoms with E-state index in [9.17, 15) is 18.0 Å². The molecule has 2 rings (SSSR count). The maximum Gasteiger partial charge on any atom is 0.407 e. The molecule has 0 aliphatic carbocycles. The predicted octanol–water partition coefficient (Wildman–Crippen LogP) is 1.62. The highest BCUT2D eigenvalue weighted by molar-refractivity contribution is 5.65. The van der Waals surface area contributed by atoms with Gasteiger partial charge in [-0.3, -0.25) is 4.90 Å². The van der Waals surface area contributed by atoms with E-state index in [1.165, 1.54) is 9.80 Å². The summed E-state index contributed by atoms with van der Waals surface area (Å²) >= 11 is 0. The standard InChI is InChI=1S/C10H15F3N2O2/c11-10(12,13)7-14-5-9(6-14)1-3-15(4-2-9)8(16)17/h1-7H2,(H,16,17). The number of carbonyl (C=O) groups is 1. The third kappa shape index (κ3) is 2.83. The molecule has 7 heteroatoms. The van der Waals surface area contributed by atoms with Gasteiger partial charge in [0, 0.05) is 26.2 Å². The molecule has 2 saturated heterocycles. The minimum Gasteiger partial charge on any atom is -0.465 e. The molecule has 0 aromatic heterocycles. The Morgan fingerprint density at radius 1 is 1.24 bits per heavy atom. The van der Waals surface area contributed by atoms with Gasteiger partial charge >= 0.3 is 12.3 Å². The SMILES string of the molecule is O=C(O)N1CCC2(CC1)CN(CC(F)(F)F)C2. The summed E-state index contributed by atoms with van der Waals surface area (Å²) in [6, 6.07) is 0. The van der Waals surface area contributed by atoms with Crippen LogP contribution in [0.1, 0.15) is 12.8 Å². The number of piperidine rings is 1. The molecule has 1 N–H and O–H groups in total. The Labute approximate surface area is 97.0 Å². The van der Waals surface area contributed by atoms with Crippen molar-refractivity contribution in [2.45, 2.75) is 19.0 Å². The molecule has 98 valence electrons. The minimum atomic E-state index is -4.14. The van der Waals surface area contributed by atoms with E-state index in [0.29, 0.717) is 39.0 Å². The summed E-state index contributed by atoms with van der Waals surface area (Å²) in [6.07, 6.45) is -3.73. The predicted molar refractivity (Wildman–Crippen MR) is 53.8 cm³/mol. The summed E-state index contributed by atoms with van der Waals surface area (Å²) in [5, 5.41) is 8.77. The molecule has 0 bridgehead atoms. The lowest BCUT2D eigenvalue weighted by Crippen LogP contribution is -2.62. The monoisotopic (exact) mass is 252 g/mol. The van der Waals surface area contributed by atoms with Crippen LogP contribution in [0.4, 0.5) is 18.0 Å². The van der Waals surface area contributed by atoms with E-state index in [-0.39, 0.29) is 5.41 Å². The summed E-state index contributed by atoms with van der Waals surface area (Å²) in [4.78, 5) is 13.4. The second-order valence-electron chi connectivity index (χ2n) is 5.03. The number of hydrogen-bond donors (Lipinski definition) is 1. The number of carboxylic acid groups (broad SMARTS) is 1. The van der Waals surface area contributed by atoms with E-state index in [0.717, 1.165) is 0 Å². The van der Waals surface area contributed by atoms with Gasteiger partial charge in [0.25, 0.3) is 0 Å². The molecular weight excluding hydrogens is 237 g/mol. The molecule has 0 saturated carbocycles.